The Hall–Kier alpha value is -2.11. The van der Waals surface area contributed by atoms with Crippen molar-refractivity contribution in [2.45, 2.75) is 329 Å². The first-order chi connectivity index (χ1) is 32.5. The molecule has 0 radical (unpaired) electrons. The average molecular weight is 930 g/mol. The maximum Gasteiger partial charge on any atom is 0.306 e. The van der Waals surface area contributed by atoms with Crippen molar-refractivity contribution in [3.8, 4) is 0 Å². The van der Waals surface area contributed by atoms with Gasteiger partial charge in [-0.3, -0.25) is 14.4 Å². The van der Waals surface area contributed by atoms with Gasteiger partial charge in [-0.15, -0.1) is 0 Å². The Labute approximate surface area is 411 Å². The summed E-state index contributed by atoms with van der Waals surface area (Å²) < 4.78 is 16.9. The minimum absolute atomic E-state index is 0.0700. The molecule has 0 aliphatic carbocycles. The molecule has 0 aliphatic heterocycles. The molecule has 0 amide bonds. The van der Waals surface area contributed by atoms with Crippen LogP contribution >= 0.6 is 0 Å². The van der Waals surface area contributed by atoms with Gasteiger partial charge in [0.1, 0.15) is 13.2 Å². The lowest BCUT2D eigenvalue weighted by molar-refractivity contribution is -0.167. The highest BCUT2D eigenvalue weighted by Crippen LogP contribution is 2.17. The molecule has 0 aliphatic rings. The Morgan fingerprint density at radius 2 is 0.576 bits per heavy atom. The third-order valence-electron chi connectivity index (χ3n) is 13.2. The Bertz CT molecular complexity index is 1070. The molecule has 66 heavy (non-hydrogen) atoms. The second-order valence-corrected chi connectivity index (χ2v) is 19.9. The molecule has 0 spiro atoms. The molecule has 0 saturated carbocycles. The third kappa shape index (κ3) is 52.9. The third-order valence-corrected chi connectivity index (χ3v) is 13.2. The molecular weight excluding hydrogens is 817 g/mol. The van der Waals surface area contributed by atoms with E-state index >= 15 is 0 Å². The first kappa shape index (κ1) is 63.9. The summed E-state index contributed by atoms with van der Waals surface area (Å²) in [7, 11) is 0. The summed E-state index contributed by atoms with van der Waals surface area (Å²) in [6, 6.07) is 0. The highest BCUT2D eigenvalue weighted by molar-refractivity contribution is 5.71. The number of ether oxygens (including phenoxy) is 3. The van der Waals surface area contributed by atoms with Crippen molar-refractivity contribution in [3.63, 3.8) is 0 Å². The fourth-order valence-electron chi connectivity index (χ4n) is 8.78. The van der Waals surface area contributed by atoms with E-state index in [1.165, 1.54) is 199 Å². The number of unbranched alkanes of at least 4 members (excludes halogenated alkanes) is 39. The van der Waals surface area contributed by atoms with Crippen LogP contribution in [0.3, 0.4) is 0 Å². The molecule has 0 aromatic carbocycles. The summed E-state index contributed by atoms with van der Waals surface area (Å²) in [6.07, 6.45) is 64.6. The summed E-state index contributed by atoms with van der Waals surface area (Å²) in [5, 5.41) is 0. The Morgan fingerprint density at radius 3 is 0.894 bits per heavy atom. The van der Waals surface area contributed by atoms with Crippen LogP contribution in [-0.4, -0.2) is 37.2 Å². The molecule has 0 fully saturated rings. The van der Waals surface area contributed by atoms with Gasteiger partial charge in [0.15, 0.2) is 6.10 Å². The van der Waals surface area contributed by atoms with Gasteiger partial charge >= 0.3 is 17.9 Å². The number of esters is 3. The maximum atomic E-state index is 12.9. The number of hydrogen-bond acceptors (Lipinski definition) is 6. The standard InChI is InChI=1S/C60H112O6/c1-4-7-10-13-16-19-22-25-27-29-31-32-35-38-41-44-47-50-53-59(62)65-56-57(55-64-58(61)52-49-46-43-40-37-34-24-21-18-15-12-9-6-3)66-60(63)54-51-48-45-42-39-36-33-30-28-26-23-20-17-14-11-8-5-2/h12,15,21,24,57H,4-11,13-14,16-20,22-23,25-56H2,1-3H3/b15-12-,24-21-. The van der Waals surface area contributed by atoms with Crippen LogP contribution < -0.4 is 0 Å². The number of allylic oxidation sites excluding steroid dienone is 4. The molecule has 1 atom stereocenters. The normalized spacial score (nSPS) is 12.1. The quantitative estimate of drug-likeness (QED) is 0.0262. The van der Waals surface area contributed by atoms with Gasteiger partial charge in [-0.25, -0.2) is 0 Å². The second kappa shape index (κ2) is 55.5. The van der Waals surface area contributed by atoms with E-state index in [9.17, 15) is 14.4 Å². The minimum atomic E-state index is -0.772. The highest BCUT2D eigenvalue weighted by Gasteiger charge is 2.19. The first-order valence-electron chi connectivity index (χ1n) is 29.3. The van der Waals surface area contributed by atoms with E-state index in [1.807, 2.05) is 0 Å². The Kier molecular flexibility index (Phi) is 53.7. The maximum absolute atomic E-state index is 12.9. The van der Waals surface area contributed by atoms with Gasteiger partial charge in [0.05, 0.1) is 0 Å². The molecule has 0 N–H and O–H groups in total. The molecule has 388 valence electrons. The predicted octanol–water partition coefficient (Wildman–Crippen LogP) is 19.5. The van der Waals surface area contributed by atoms with Crippen LogP contribution in [0.4, 0.5) is 0 Å². The molecule has 6 nitrogen and oxygen atoms in total. The molecule has 0 aromatic heterocycles. The van der Waals surface area contributed by atoms with Crippen molar-refractivity contribution in [2.24, 2.45) is 0 Å². The van der Waals surface area contributed by atoms with E-state index in [1.54, 1.807) is 0 Å². The average Bonchev–Trinajstić information content (AvgIpc) is 3.31. The van der Waals surface area contributed by atoms with Crippen molar-refractivity contribution in [2.75, 3.05) is 13.2 Å². The van der Waals surface area contributed by atoms with Crippen molar-refractivity contribution in [3.05, 3.63) is 24.3 Å². The molecule has 0 aromatic rings. The van der Waals surface area contributed by atoms with Crippen LogP contribution in [0.1, 0.15) is 323 Å². The molecule has 0 saturated heterocycles. The zero-order chi connectivity index (χ0) is 47.9. The fourth-order valence-corrected chi connectivity index (χ4v) is 8.78. The van der Waals surface area contributed by atoms with Gasteiger partial charge in [0.2, 0.25) is 0 Å². The van der Waals surface area contributed by atoms with Crippen LogP contribution in [0.2, 0.25) is 0 Å². The topological polar surface area (TPSA) is 78.9 Å². The van der Waals surface area contributed by atoms with Gasteiger partial charge in [-0.05, 0) is 44.9 Å². The lowest BCUT2D eigenvalue weighted by Crippen LogP contribution is -2.30. The van der Waals surface area contributed by atoms with Crippen LogP contribution in [-0.2, 0) is 28.6 Å². The van der Waals surface area contributed by atoms with E-state index in [0.29, 0.717) is 19.3 Å². The zero-order valence-electron chi connectivity index (χ0n) is 44.5. The monoisotopic (exact) mass is 929 g/mol. The van der Waals surface area contributed by atoms with E-state index in [0.717, 1.165) is 83.5 Å². The molecular formula is C60H112O6. The van der Waals surface area contributed by atoms with Gasteiger partial charge in [-0.2, -0.15) is 0 Å². The van der Waals surface area contributed by atoms with Crippen molar-refractivity contribution >= 4 is 17.9 Å². The van der Waals surface area contributed by atoms with Gasteiger partial charge < -0.3 is 14.2 Å². The molecule has 0 bridgehead atoms. The largest absolute Gasteiger partial charge is 0.462 e. The van der Waals surface area contributed by atoms with Crippen LogP contribution in [0.15, 0.2) is 24.3 Å². The molecule has 6 heteroatoms. The highest BCUT2D eigenvalue weighted by atomic mass is 16.6. The van der Waals surface area contributed by atoms with E-state index < -0.39 is 6.10 Å². The SMILES string of the molecule is CCC/C=C\C/C=C\CCCCCCCC(=O)OCC(COC(=O)CCCCCCCCCCCCCCCCCCCC)OC(=O)CCCCCCCCCCCCCCCCCCC. The minimum Gasteiger partial charge on any atom is -0.462 e. The van der Waals surface area contributed by atoms with Crippen molar-refractivity contribution in [1.82, 2.24) is 0 Å². The van der Waals surface area contributed by atoms with Gasteiger partial charge in [-0.1, -0.05) is 283 Å². The Morgan fingerprint density at radius 1 is 0.303 bits per heavy atom. The molecule has 0 heterocycles. The van der Waals surface area contributed by atoms with Gasteiger partial charge in [0.25, 0.3) is 0 Å². The number of rotatable bonds is 54. The summed E-state index contributed by atoms with van der Waals surface area (Å²) in [6.45, 7) is 6.62. The summed E-state index contributed by atoms with van der Waals surface area (Å²) in [4.78, 5) is 38.1. The van der Waals surface area contributed by atoms with E-state index in [4.69, 9.17) is 14.2 Å². The summed E-state index contributed by atoms with van der Waals surface area (Å²) in [5.74, 6) is -0.862. The first-order valence-corrected chi connectivity index (χ1v) is 29.3. The second-order valence-electron chi connectivity index (χ2n) is 19.9. The van der Waals surface area contributed by atoms with Crippen LogP contribution in [0.5, 0.6) is 0 Å². The van der Waals surface area contributed by atoms with Crippen molar-refractivity contribution in [1.29, 1.82) is 0 Å². The summed E-state index contributed by atoms with van der Waals surface area (Å²) >= 11 is 0. The number of carbonyl (C=O) groups is 3. The van der Waals surface area contributed by atoms with Crippen LogP contribution in [0.25, 0.3) is 0 Å². The molecule has 1 unspecified atom stereocenters. The fraction of sp³-hybridized carbons (Fsp3) is 0.883. The van der Waals surface area contributed by atoms with Gasteiger partial charge in [0, 0.05) is 19.3 Å². The number of carbonyl (C=O) groups excluding carboxylic acids is 3. The predicted molar refractivity (Wildman–Crippen MR) is 284 cm³/mol. The van der Waals surface area contributed by atoms with Crippen molar-refractivity contribution < 1.29 is 28.6 Å². The lowest BCUT2D eigenvalue weighted by Gasteiger charge is -2.18. The van der Waals surface area contributed by atoms with E-state index in [2.05, 4.69) is 45.1 Å². The summed E-state index contributed by atoms with van der Waals surface area (Å²) in [5.41, 5.74) is 0. The van der Waals surface area contributed by atoms with Crippen LogP contribution in [0, 0.1) is 0 Å². The number of hydrogen-bond donors (Lipinski definition) is 0. The Balaban J connectivity index is 4.30. The lowest BCUT2D eigenvalue weighted by atomic mass is 10.0. The van der Waals surface area contributed by atoms with E-state index in [-0.39, 0.29) is 31.1 Å². The smallest absolute Gasteiger partial charge is 0.306 e. The zero-order valence-corrected chi connectivity index (χ0v) is 44.5. The molecule has 0 rings (SSSR count).